The molecular weight excluding hydrogens is 192 g/mol. The number of hydrogen-bond acceptors (Lipinski definition) is 3. The zero-order valence-corrected chi connectivity index (χ0v) is 9.78. The van der Waals surface area contributed by atoms with E-state index in [2.05, 4.69) is 24.1 Å². The molecule has 0 spiro atoms. The van der Waals surface area contributed by atoms with Crippen molar-refractivity contribution in [3.05, 3.63) is 15.6 Å². The summed E-state index contributed by atoms with van der Waals surface area (Å²) in [5, 5.41) is 4.74. The van der Waals surface area contributed by atoms with Crippen LogP contribution in [-0.2, 0) is 6.42 Å². The second-order valence-corrected chi connectivity index (χ2v) is 5.43. The van der Waals surface area contributed by atoms with Crippen LogP contribution in [0.25, 0.3) is 0 Å². The Morgan fingerprint density at radius 1 is 1.36 bits per heavy atom. The van der Waals surface area contributed by atoms with Crippen LogP contribution < -0.4 is 5.32 Å². The highest BCUT2D eigenvalue weighted by Crippen LogP contribution is 2.23. The molecule has 2 nitrogen and oxygen atoms in total. The third kappa shape index (κ3) is 2.34. The Hall–Kier alpha value is -0.410. The Kier molecular flexibility index (Phi) is 3.19. The molecule has 0 bridgehead atoms. The van der Waals surface area contributed by atoms with Gasteiger partial charge in [-0.05, 0) is 45.7 Å². The van der Waals surface area contributed by atoms with Crippen molar-refractivity contribution in [2.24, 2.45) is 5.92 Å². The van der Waals surface area contributed by atoms with Gasteiger partial charge >= 0.3 is 0 Å². The van der Waals surface area contributed by atoms with Crippen LogP contribution in [0, 0.1) is 19.8 Å². The number of rotatable bonds is 2. The van der Waals surface area contributed by atoms with E-state index in [0.717, 1.165) is 5.92 Å². The maximum absolute atomic E-state index is 4.60. The highest BCUT2D eigenvalue weighted by Gasteiger charge is 2.15. The largest absolute Gasteiger partial charge is 0.317 e. The molecule has 1 fully saturated rings. The van der Waals surface area contributed by atoms with Crippen LogP contribution >= 0.6 is 11.3 Å². The molecule has 0 atom stereocenters. The summed E-state index contributed by atoms with van der Waals surface area (Å²) >= 11 is 1.88. The zero-order chi connectivity index (χ0) is 9.97. The summed E-state index contributed by atoms with van der Waals surface area (Å²) in [5.74, 6) is 0.862. The van der Waals surface area contributed by atoms with E-state index < -0.39 is 0 Å². The van der Waals surface area contributed by atoms with Gasteiger partial charge in [0.15, 0.2) is 0 Å². The monoisotopic (exact) mass is 210 g/mol. The van der Waals surface area contributed by atoms with Crippen molar-refractivity contribution in [1.29, 1.82) is 0 Å². The van der Waals surface area contributed by atoms with Crippen molar-refractivity contribution in [2.75, 3.05) is 13.1 Å². The first-order valence-corrected chi connectivity index (χ1v) is 6.21. The smallest absolute Gasteiger partial charge is 0.0933 e. The Labute approximate surface area is 89.8 Å². The zero-order valence-electron chi connectivity index (χ0n) is 8.97. The summed E-state index contributed by atoms with van der Waals surface area (Å²) in [6.45, 7) is 6.65. The summed E-state index contributed by atoms with van der Waals surface area (Å²) < 4.78 is 0. The molecule has 1 aromatic rings. The van der Waals surface area contributed by atoms with Gasteiger partial charge in [-0.1, -0.05) is 0 Å². The fraction of sp³-hybridized carbons (Fsp3) is 0.727. The molecule has 78 valence electrons. The molecule has 1 aliphatic rings. The fourth-order valence-electron chi connectivity index (χ4n) is 1.96. The number of thiazole rings is 1. The minimum Gasteiger partial charge on any atom is -0.317 e. The summed E-state index contributed by atoms with van der Waals surface area (Å²) in [6, 6.07) is 0. The van der Waals surface area contributed by atoms with Crippen molar-refractivity contribution in [3.63, 3.8) is 0 Å². The van der Waals surface area contributed by atoms with Crippen molar-refractivity contribution >= 4 is 11.3 Å². The summed E-state index contributed by atoms with van der Waals surface area (Å²) in [6.07, 6.45) is 3.83. The molecule has 2 heterocycles. The average molecular weight is 210 g/mol. The standard InChI is InChI=1S/C11H18N2S/c1-8-9(2)14-11(13-8)7-10-3-5-12-6-4-10/h10,12H,3-7H2,1-2H3. The molecule has 0 aliphatic carbocycles. The van der Waals surface area contributed by atoms with E-state index in [4.69, 9.17) is 0 Å². The number of hydrogen-bond donors (Lipinski definition) is 1. The van der Waals surface area contributed by atoms with E-state index >= 15 is 0 Å². The molecule has 1 aliphatic heterocycles. The number of aryl methyl sites for hydroxylation is 2. The number of piperidine rings is 1. The lowest BCUT2D eigenvalue weighted by Gasteiger charge is -2.21. The predicted molar refractivity (Wildman–Crippen MR) is 60.9 cm³/mol. The van der Waals surface area contributed by atoms with Gasteiger partial charge in [0.2, 0.25) is 0 Å². The van der Waals surface area contributed by atoms with E-state index in [-0.39, 0.29) is 0 Å². The van der Waals surface area contributed by atoms with Gasteiger partial charge in [-0.25, -0.2) is 4.98 Å². The van der Waals surface area contributed by atoms with Crippen LogP contribution in [0.2, 0.25) is 0 Å². The Bertz CT molecular complexity index is 281. The molecule has 0 aromatic carbocycles. The second-order valence-electron chi connectivity index (χ2n) is 4.15. The predicted octanol–water partition coefficient (Wildman–Crippen LogP) is 2.30. The molecule has 0 amide bonds. The molecule has 1 saturated heterocycles. The second kappa shape index (κ2) is 4.41. The van der Waals surface area contributed by atoms with Crippen molar-refractivity contribution in [3.8, 4) is 0 Å². The van der Waals surface area contributed by atoms with Crippen molar-refractivity contribution in [2.45, 2.75) is 33.1 Å². The number of aromatic nitrogens is 1. The Morgan fingerprint density at radius 3 is 2.64 bits per heavy atom. The van der Waals surface area contributed by atoms with Crippen LogP contribution in [0.4, 0.5) is 0 Å². The maximum Gasteiger partial charge on any atom is 0.0933 e. The van der Waals surface area contributed by atoms with Crippen LogP contribution in [-0.4, -0.2) is 18.1 Å². The van der Waals surface area contributed by atoms with Crippen molar-refractivity contribution in [1.82, 2.24) is 10.3 Å². The maximum atomic E-state index is 4.60. The first-order chi connectivity index (χ1) is 6.75. The molecular formula is C11H18N2S. The van der Waals surface area contributed by atoms with Crippen LogP contribution in [0.1, 0.15) is 28.4 Å². The number of nitrogens with zero attached hydrogens (tertiary/aromatic N) is 1. The van der Waals surface area contributed by atoms with E-state index in [0.29, 0.717) is 0 Å². The van der Waals surface area contributed by atoms with E-state index in [1.54, 1.807) is 0 Å². The highest BCUT2D eigenvalue weighted by molar-refractivity contribution is 7.11. The van der Waals surface area contributed by atoms with Gasteiger partial charge in [-0.2, -0.15) is 0 Å². The summed E-state index contributed by atoms with van der Waals surface area (Å²) in [7, 11) is 0. The molecule has 14 heavy (non-hydrogen) atoms. The lowest BCUT2D eigenvalue weighted by Crippen LogP contribution is -2.28. The fourth-order valence-corrected chi connectivity index (χ4v) is 3.01. The third-order valence-electron chi connectivity index (χ3n) is 2.99. The molecule has 3 heteroatoms. The SMILES string of the molecule is Cc1nc(CC2CCNCC2)sc1C. The van der Waals surface area contributed by atoms with Crippen LogP contribution in [0.5, 0.6) is 0 Å². The lowest BCUT2D eigenvalue weighted by atomic mass is 9.95. The average Bonchev–Trinajstić information content (AvgIpc) is 2.47. The molecule has 1 N–H and O–H groups in total. The van der Waals surface area contributed by atoms with Gasteiger partial charge in [0.25, 0.3) is 0 Å². The first kappa shape index (κ1) is 10.1. The topological polar surface area (TPSA) is 24.9 Å². The summed E-state index contributed by atoms with van der Waals surface area (Å²) in [5.41, 5.74) is 1.22. The third-order valence-corrected chi connectivity index (χ3v) is 4.09. The van der Waals surface area contributed by atoms with E-state index in [9.17, 15) is 0 Å². The van der Waals surface area contributed by atoms with E-state index in [1.165, 1.54) is 47.9 Å². The Morgan fingerprint density at radius 2 is 2.07 bits per heavy atom. The van der Waals surface area contributed by atoms with E-state index in [1.807, 2.05) is 11.3 Å². The van der Waals surface area contributed by atoms with Crippen molar-refractivity contribution < 1.29 is 0 Å². The van der Waals surface area contributed by atoms with Crippen LogP contribution in [0.3, 0.4) is 0 Å². The van der Waals surface area contributed by atoms with Gasteiger partial charge in [0.05, 0.1) is 10.7 Å². The number of nitrogens with one attached hydrogen (secondary N) is 1. The Balaban J connectivity index is 1.95. The van der Waals surface area contributed by atoms with Gasteiger partial charge in [0, 0.05) is 11.3 Å². The van der Waals surface area contributed by atoms with Gasteiger partial charge in [-0.15, -0.1) is 11.3 Å². The van der Waals surface area contributed by atoms with Gasteiger partial charge < -0.3 is 5.32 Å². The van der Waals surface area contributed by atoms with Crippen LogP contribution in [0.15, 0.2) is 0 Å². The molecule has 0 unspecified atom stereocenters. The molecule has 0 radical (unpaired) electrons. The van der Waals surface area contributed by atoms with Gasteiger partial charge in [0.1, 0.15) is 0 Å². The van der Waals surface area contributed by atoms with Gasteiger partial charge in [-0.3, -0.25) is 0 Å². The minimum atomic E-state index is 0.862. The summed E-state index contributed by atoms with van der Waals surface area (Å²) in [4.78, 5) is 5.99. The molecule has 2 rings (SSSR count). The highest BCUT2D eigenvalue weighted by atomic mass is 32.1. The quantitative estimate of drug-likeness (QED) is 0.810. The molecule has 1 aromatic heterocycles. The first-order valence-electron chi connectivity index (χ1n) is 5.39. The molecule has 0 saturated carbocycles. The normalized spacial score (nSPS) is 18.7. The lowest BCUT2D eigenvalue weighted by molar-refractivity contribution is 0.372. The minimum absolute atomic E-state index is 0.862.